The highest BCUT2D eigenvalue weighted by Crippen LogP contribution is 2.24. The van der Waals surface area contributed by atoms with E-state index in [-0.39, 0.29) is 22.7 Å². The Morgan fingerprint density at radius 1 is 1.03 bits per heavy atom. The predicted molar refractivity (Wildman–Crippen MR) is 149 cm³/mol. The number of aromatic nitrogens is 1. The number of esters is 1. The number of carbonyl (C=O) groups is 2. The van der Waals surface area contributed by atoms with Crippen LogP contribution in [0.15, 0.2) is 88.2 Å². The molecule has 0 aliphatic heterocycles. The SMILES string of the molecule is COC(=O)/C(=C/c1ccc(N(C)Cc2ccc(N=Cc3c(O)c4ccccc4[nH]c3=O)cc2)cc1)C(C)=O. The number of H-pyrrole nitrogens is 1. The molecule has 0 saturated carbocycles. The van der Waals surface area contributed by atoms with Gasteiger partial charge in [0.15, 0.2) is 5.78 Å². The van der Waals surface area contributed by atoms with Crippen LogP contribution in [0.2, 0.25) is 0 Å². The van der Waals surface area contributed by atoms with Gasteiger partial charge in [0.2, 0.25) is 0 Å². The third kappa shape index (κ3) is 5.87. The molecular formula is C30H27N3O5. The highest BCUT2D eigenvalue weighted by Gasteiger charge is 2.15. The molecule has 1 aromatic heterocycles. The largest absolute Gasteiger partial charge is 0.506 e. The third-order valence-electron chi connectivity index (χ3n) is 6.06. The summed E-state index contributed by atoms with van der Waals surface area (Å²) in [4.78, 5) is 45.1. The zero-order chi connectivity index (χ0) is 27.2. The van der Waals surface area contributed by atoms with Crippen molar-refractivity contribution in [3.05, 3.63) is 105 Å². The molecule has 8 heteroatoms. The first-order valence-electron chi connectivity index (χ1n) is 11.9. The van der Waals surface area contributed by atoms with Crippen molar-refractivity contribution in [1.82, 2.24) is 4.98 Å². The number of pyridine rings is 1. The first-order chi connectivity index (χ1) is 18.3. The molecule has 0 atom stereocenters. The van der Waals surface area contributed by atoms with Gasteiger partial charge < -0.3 is 19.7 Å². The van der Waals surface area contributed by atoms with Gasteiger partial charge >= 0.3 is 5.97 Å². The lowest BCUT2D eigenvalue weighted by atomic mass is 10.1. The Bertz CT molecular complexity index is 1600. The van der Waals surface area contributed by atoms with Crippen LogP contribution in [0.5, 0.6) is 5.75 Å². The summed E-state index contributed by atoms with van der Waals surface area (Å²) in [6.45, 7) is 1.96. The Morgan fingerprint density at radius 2 is 1.71 bits per heavy atom. The van der Waals surface area contributed by atoms with Crippen LogP contribution in [0.25, 0.3) is 17.0 Å². The Balaban J connectivity index is 1.44. The quantitative estimate of drug-likeness (QED) is 0.116. The lowest BCUT2D eigenvalue weighted by Gasteiger charge is -2.19. The van der Waals surface area contributed by atoms with E-state index in [2.05, 4.69) is 19.6 Å². The Morgan fingerprint density at radius 3 is 2.37 bits per heavy atom. The normalized spacial score (nSPS) is 11.6. The molecule has 0 bridgehead atoms. The van der Waals surface area contributed by atoms with E-state index in [0.29, 0.717) is 23.1 Å². The van der Waals surface area contributed by atoms with Crippen LogP contribution in [0.3, 0.4) is 0 Å². The van der Waals surface area contributed by atoms with Crippen molar-refractivity contribution < 1.29 is 19.4 Å². The summed E-state index contributed by atoms with van der Waals surface area (Å²) < 4.78 is 4.67. The summed E-state index contributed by atoms with van der Waals surface area (Å²) in [5, 5.41) is 11.1. The lowest BCUT2D eigenvalue weighted by molar-refractivity contribution is -0.137. The average molecular weight is 510 g/mol. The molecule has 4 rings (SSSR count). The molecule has 0 fully saturated rings. The van der Waals surface area contributed by atoms with Crippen molar-refractivity contribution in [3.8, 4) is 5.75 Å². The number of carbonyl (C=O) groups excluding carboxylic acids is 2. The number of hydrogen-bond acceptors (Lipinski definition) is 7. The van der Waals surface area contributed by atoms with Crippen molar-refractivity contribution in [3.63, 3.8) is 0 Å². The fourth-order valence-corrected chi connectivity index (χ4v) is 3.96. The molecule has 2 N–H and O–H groups in total. The Kier molecular flexibility index (Phi) is 7.82. The zero-order valence-electron chi connectivity index (χ0n) is 21.3. The molecule has 0 unspecified atom stereocenters. The summed E-state index contributed by atoms with van der Waals surface area (Å²) in [6, 6.07) is 22.1. The lowest BCUT2D eigenvalue weighted by Crippen LogP contribution is -2.16. The number of benzene rings is 3. The number of fused-ring (bicyclic) bond motifs is 1. The van der Waals surface area contributed by atoms with E-state index in [1.807, 2.05) is 55.6 Å². The standard InChI is InChI=1S/C30H27N3O5/c1-19(34)25(30(37)38-3)16-20-10-14-23(15-11-20)33(2)18-21-8-12-22(13-9-21)31-17-26-28(35)24-6-4-5-7-27(24)32-29(26)36/h4-17H,18H2,1-3H3,(H2,32,35,36)/b25-16+,31-17?. The number of aliphatic imine (C=N–C) groups is 1. The van der Waals surface area contributed by atoms with E-state index in [0.717, 1.165) is 16.8 Å². The molecule has 0 aliphatic carbocycles. The van der Waals surface area contributed by atoms with E-state index in [4.69, 9.17) is 0 Å². The highest BCUT2D eigenvalue weighted by atomic mass is 16.5. The van der Waals surface area contributed by atoms with E-state index in [1.54, 1.807) is 24.3 Å². The summed E-state index contributed by atoms with van der Waals surface area (Å²) in [5.74, 6) is -1.12. The second-order valence-electron chi connectivity index (χ2n) is 8.74. The van der Waals surface area contributed by atoms with Crippen molar-refractivity contribution in [2.24, 2.45) is 4.99 Å². The van der Waals surface area contributed by atoms with E-state index >= 15 is 0 Å². The van der Waals surface area contributed by atoms with Crippen LogP contribution in [0.4, 0.5) is 11.4 Å². The number of aromatic hydroxyl groups is 1. The number of anilines is 1. The first kappa shape index (κ1) is 26.1. The number of Topliss-reactive ketones (excluding diaryl/α,β-unsaturated/α-hetero) is 1. The summed E-state index contributed by atoms with van der Waals surface area (Å²) in [7, 11) is 3.20. The van der Waals surface area contributed by atoms with Crippen molar-refractivity contribution in [1.29, 1.82) is 0 Å². The third-order valence-corrected chi connectivity index (χ3v) is 6.06. The zero-order valence-corrected chi connectivity index (χ0v) is 21.3. The van der Waals surface area contributed by atoms with Gasteiger partial charge in [-0.25, -0.2) is 4.79 Å². The van der Waals surface area contributed by atoms with Gasteiger partial charge in [-0.05, 0) is 60.5 Å². The van der Waals surface area contributed by atoms with Crippen molar-refractivity contribution in [2.45, 2.75) is 13.5 Å². The van der Waals surface area contributed by atoms with Gasteiger partial charge in [-0.3, -0.25) is 14.6 Å². The Labute approximate surface area is 219 Å². The minimum absolute atomic E-state index is 0.00297. The molecule has 0 amide bonds. The summed E-state index contributed by atoms with van der Waals surface area (Å²) >= 11 is 0. The second kappa shape index (κ2) is 11.4. The molecule has 38 heavy (non-hydrogen) atoms. The van der Waals surface area contributed by atoms with E-state index < -0.39 is 11.5 Å². The van der Waals surface area contributed by atoms with Crippen molar-refractivity contribution >= 4 is 46.3 Å². The van der Waals surface area contributed by atoms with Gasteiger partial charge in [-0.1, -0.05) is 36.4 Å². The van der Waals surface area contributed by atoms with Gasteiger partial charge in [0, 0.05) is 30.9 Å². The summed E-state index contributed by atoms with van der Waals surface area (Å²) in [5.41, 5.74) is 3.62. The number of methoxy groups -OCH3 is 1. The fourth-order valence-electron chi connectivity index (χ4n) is 3.96. The molecule has 0 saturated heterocycles. The van der Waals surface area contributed by atoms with Gasteiger partial charge in [0.1, 0.15) is 16.9 Å². The molecule has 0 aliphatic rings. The van der Waals surface area contributed by atoms with Crippen LogP contribution >= 0.6 is 0 Å². The minimum Gasteiger partial charge on any atom is -0.506 e. The maximum atomic E-state index is 12.4. The number of aromatic amines is 1. The van der Waals surface area contributed by atoms with Gasteiger partial charge in [0.05, 0.1) is 18.3 Å². The fraction of sp³-hybridized carbons (Fsp3) is 0.133. The number of hydrogen-bond donors (Lipinski definition) is 2. The van der Waals surface area contributed by atoms with Crippen LogP contribution < -0.4 is 10.5 Å². The first-order valence-corrected chi connectivity index (χ1v) is 11.9. The Hall–Kier alpha value is -4.98. The minimum atomic E-state index is -0.660. The molecule has 3 aromatic carbocycles. The number of ketones is 1. The van der Waals surface area contributed by atoms with Crippen LogP contribution in [-0.2, 0) is 20.9 Å². The molecular weight excluding hydrogens is 482 g/mol. The molecule has 1 heterocycles. The van der Waals surface area contributed by atoms with Crippen LogP contribution in [-0.4, -0.2) is 42.2 Å². The van der Waals surface area contributed by atoms with Gasteiger partial charge in [-0.15, -0.1) is 0 Å². The van der Waals surface area contributed by atoms with Gasteiger partial charge in [0.25, 0.3) is 5.56 Å². The van der Waals surface area contributed by atoms with E-state index in [1.165, 1.54) is 26.3 Å². The van der Waals surface area contributed by atoms with Gasteiger partial charge in [-0.2, -0.15) is 0 Å². The number of para-hydroxylation sites is 1. The van der Waals surface area contributed by atoms with E-state index in [9.17, 15) is 19.5 Å². The highest BCUT2D eigenvalue weighted by molar-refractivity contribution is 6.19. The van der Waals surface area contributed by atoms with Crippen LogP contribution in [0, 0.1) is 0 Å². The predicted octanol–water partition coefficient (Wildman–Crippen LogP) is 4.77. The molecule has 0 spiro atoms. The number of nitrogens with zero attached hydrogens (tertiary/aromatic N) is 2. The molecule has 0 radical (unpaired) electrons. The molecule has 8 nitrogen and oxygen atoms in total. The maximum absolute atomic E-state index is 12.4. The number of ether oxygens (including phenoxy) is 1. The smallest absolute Gasteiger partial charge is 0.341 e. The monoisotopic (exact) mass is 509 g/mol. The summed E-state index contributed by atoms with van der Waals surface area (Å²) in [6.07, 6.45) is 2.89. The maximum Gasteiger partial charge on any atom is 0.341 e. The topological polar surface area (TPSA) is 112 Å². The number of nitrogens with one attached hydrogen (secondary N) is 1. The second-order valence-corrected chi connectivity index (χ2v) is 8.74. The van der Waals surface area contributed by atoms with Crippen LogP contribution in [0.1, 0.15) is 23.6 Å². The van der Waals surface area contributed by atoms with Crippen molar-refractivity contribution in [2.75, 3.05) is 19.1 Å². The molecule has 4 aromatic rings. The molecule has 192 valence electrons. The average Bonchev–Trinajstić information content (AvgIpc) is 2.92. The number of rotatable bonds is 8.